The summed E-state index contributed by atoms with van der Waals surface area (Å²) in [6.07, 6.45) is 0. The highest BCUT2D eigenvalue weighted by molar-refractivity contribution is 7.10. The van der Waals surface area contributed by atoms with E-state index in [-0.39, 0.29) is 16.7 Å². The molecule has 6 heteroatoms. The molecule has 1 fully saturated rings. The van der Waals surface area contributed by atoms with Crippen molar-refractivity contribution in [2.45, 2.75) is 39.2 Å². The van der Waals surface area contributed by atoms with Gasteiger partial charge in [0.05, 0.1) is 18.2 Å². The number of nitrogens with zero attached hydrogens (tertiary/aromatic N) is 1. The summed E-state index contributed by atoms with van der Waals surface area (Å²) in [5.41, 5.74) is 2.82. The van der Waals surface area contributed by atoms with Gasteiger partial charge in [0, 0.05) is 10.6 Å². The van der Waals surface area contributed by atoms with Crippen LogP contribution in [-0.2, 0) is 15.0 Å². The largest absolute Gasteiger partial charge is 0.507 e. The highest BCUT2D eigenvalue weighted by Gasteiger charge is 2.48. The number of aryl methyl sites for hydroxylation is 1. The number of para-hydroxylation sites is 1. The van der Waals surface area contributed by atoms with Crippen molar-refractivity contribution < 1.29 is 19.4 Å². The highest BCUT2D eigenvalue weighted by Crippen LogP contribution is 2.46. The van der Waals surface area contributed by atoms with Crippen LogP contribution in [0.25, 0.3) is 5.76 Å². The lowest BCUT2D eigenvalue weighted by molar-refractivity contribution is -0.132. The molecule has 1 aromatic heterocycles. The SMILES string of the molecule is COc1ccc(C(C)(C)C)cc1/C(O)=C1\C(=O)C(=O)N(c2ccccc2)C1c1sccc1C. The van der Waals surface area contributed by atoms with Crippen molar-refractivity contribution in [1.82, 2.24) is 0 Å². The molecule has 2 aromatic carbocycles. The fourth-order valence-electron chi connectivity index (χ4n) is 4.10. The van der Waals surface area contributed by atoms with Crippen molar-refractivity contribution in [2.75, 3.05) is 12.0 Å². The Hall–Kier alpha value is -3.38. The molecule has 0 spiro atoms. The second-order valence-corrected chi connectivity index (χ2v) is 10.1. The summed E-state index contributed by atoms with van der Waals surface area (Å²) in [5.74, 6) is -1.16. The third-order valence-corrected chi connectivity index (χ3v) is 7.02. The van der Waals surface area contributed by atoms with Crippen molar-refractivity contribution in [3.63, 3.8) is 0 Å². The number of Topliss-reactive ketones (excluding diaryl/α,β-unsaturated/α-hetero) is 1. The Morgan fingerprint density at radius 3 is 2.33 bits per heavy atom. The normalized spacial score (nSPS) is 18.1. The Bertz CT molecular complexity index is 1250. The monoisotopic (exact) mass is 461 g/mol. The van der Waals surface area contributed by atoms with Gasteiger partial charge >= 0.3 is 0 Å². The Labute approximate surface area is 197 Å². The van der Waals surface area contributed by atoms with E-state index in [0.717, 1.165) is 16.0 Å². The van der Waals surface area contributed by atoms with Crippen LogP contribution in [-0.4, -0.2) is 23.9 Å². The van der Waals surface area contributed by atoms with Crippen LogP contribution >= 0.6 is 11.3 Å². The predicted molar refractivity (Wildman–Crippen MR) is 132 cm³/mol. The number of rotatable bonds is 4. The van der Waals surface area contributed by atoms with E-state index in [0.29, 0.717) is 17.0 Å². The molecule has 5 nitrogen and oxygen atoms in total. The molecular weight excluding hydrogens is 434 g/mol. The number of thiophene rings is 1. The molecule has 1 aliphatic heterocycles. The lowest BCUT2D eigenvalue weighted by atomic mass is 9.85. The van der Waals surface area contributed by atoms with Crippen LogP contribution in [0.5, 0.6) is 5.75 Å². The first kappa shape index (κ1) is 22.8. The standard InChI is InChI=1S/C27H27NO4S/c1-16-13-14-33-25(16)22-21(24(30)26(31)28(22)18-9-7-6-8-10-18)23(29)19-15-17(27(2,3)4)11-12-20(19)32-5/h6-15,22,29H,1-5H3/b23-21+. The maximum absolute atomic E-state index is 13.4. The number of amides is 1. The summed E-state index contributed by atoms with van der Waals surface area (Å²) in [4.78, 5) is 28.9. The minimum Gasteiger partial charge on any atom is -0.507 e. The lowest BCUT2D eigenvalue weighted by Gasteiger charge is -2.25. The molecule has 1 atom stereocenters. The average molecular weight is 462 g/mol. The fraction of sp³-hybridized carbons (Fsp3) is 0.259. The van der Waals surface area contributed by atoms with Gasteiger partial charge in [-0.2, -0.15) is 0 Å². The van der Waals surface area contributed by atoms with Crippen LogP contribution in [0.3, 0.4) is 0 Å². The number of hydrogen-bond acceptors (Lipinski definition) is 5. The van der Waals surface area contributed by atoms with Crippen LogP contribution in [0.15, 0.2) is 65.6 Å². The highest BCUT2D eigenvalue weighted by atomic mass is 32.1. The number of methoxy groups -OCH3 is 1. The van der Waals surface area contributed by atoms with Crippen molar-refractivity contribution in [3.05, 3.63) is 87.1 Å². The van der Waals surface area contributed by atoms with E-state index < -0.39 is 17.7 Å². The lowest BCUT2D eigenvalue weighted by Crippen LogP contribution is -2.29. The van der Waals surface area contributed by atoms with Crippen LogP contribution < -0.4 is 9.64 Å². The Kier molecular flexibility index (Phi) is 5.89. The summed E-state index contributed by atoms with van der Waals surface area (Å²) in [6, 6.07) is 15.9. The van der Waals surface area contributed by atoms with E-state index in [4.69, 9.17) is 4.74 Å². The predicted octanol–water partition coefficient (Wildman–Crippen LogP) is 5.99. The number of aliphatic hydroxyl groups is 1. The van der Waals surface area contributed by atoms with Gasteiger partial charge in [-0.05, 0) is 59.2 Å². The van der Waals surface area contributed by atoms with E-state index in [1.807, 2.05) is 48.7 Å². The minimum absolute atomic E-state index is 0.0683. The molecular formula is C27H27NO4S. The topological polar surface area (TPSA) is 66.8 Å². The van der Waals surface area contributed by atoms with Crippen molar-refractivity contribution in [1.29, 1.82) is 0 Å². The zero-order valence-electron chi connectivity index (χ0n) is 19.4. The van der Waals surface area contributed by atoms with Crippen LogP contribution in [0.2, 0.25) is 0 Å². The molecule has 1 saturated heterocycles. The molecule has 0 saturated carbocycles. The third kappa shape index (κ3) is 3.95. The number of carbonyl (C=O) groups excluding carboxylic acids is 2. The number of ketones is 1. The quantitative estimate of drug-likeness (QED) is 0.294. The second kappa shape index (κ2) is 8.52. The maximum atomic E-state index is 13.4. The van der Waals surface area contributed by atoms with Gasteiger partial charge in [-0.25, -0.2) is 0 Å². The smallest absolute Gasteiger partial charge is 0.300 e. The van der Waals surface area contributed by atoms with Gasteiger partial charge in [0.1, 0.15) is 17.6 Å². The van der Waals surface area contributed by atoms with Crippen LogP contribution in [0.1, 0.15) is 48.4 Å². The summed E-state index contributed by atoms with van der Waals surface area (Å²) >= 11 is 1.46. The molecule has 1 amide bonds. The molecule has 1 N–H and O–H groups in total. The summed E-state index contributed by atoms with van der Waals surface area (Å²) in [6.45, 7) is 8.16. The first-order valence-corrected chi connectivity index (χ1v) is 11.6. The van der Waals surface area contributed by atoms with Gasteiger partial charge in [0.25, 0.3) is 11.7 Å². The Morgan fingerprint density at radius 2 is 1.76 bits per heavy atom. The van der Waals surface area contributed by atoms with E-state index in [1.54, 1.807) is 18.2 Å². The van der Waals surface area contributed by atoms with Gasteiger partial charge in [0.2, 0.25) is 0 Å². The number of ether oxygens (including phenoxy) is 1. The van der Waals surface area contributed by atoms with E-state index in [1.165, 1.54) is 23.3 Å². The third-order valence-electron chi connectivity index (χ3n) is 5.95. The number of carbonyl (C=O) groups is 2. The fourth-order valence-corrected chi connectivity index (χ4v) is 5.13. The van der Waals surface area contributed by atoms with Gasteiger partial charge < -0.3 is 9.84 Å². The van der Waals surface area contributed by atoms with Crippen molar-refractivity contribution in [2.24, 2.45) is 0 Å². The molecule has 2 heterocycles. The first-order chi connectivity index (χ1) is 15.6. The maximum Gasteiger partial charge on any atom is 0.300 e. The van der Waals surface area contributed by atoms with Crippen LogP contribution in [0.4, 0.5) is 5.69 Å². The second-order valence-electron chi connectivity index (χ2n) is 9.14. The number of anilines is 1. The molecule has 4 rings (SSSR count). The van der Waals surface area contributed by atoms with E-state index in [9.17, 15) is 14.7 Å². The molecule has 0 bridgehead atoms. The van der Waals surface area contributed by atoms with Gasteiger partial charge in [-0.15, -0.1) is 11.3 Å². The van der Waals surface area contributed by atoms with Crippen LogP contribution in [0, 0.1) is 6.92 Å². The van der Waals surface area contributed by atoms with Gasteiger partial charge in [0.15, 0.2) is 0 Å². The number of hydrogen-bond donors (Lipinski definition) is 1. The van der Waals surface area contributed by atoms with E-state index in [2.05, 4.69) is 20.8 Å². The van der Waals surface area contributed by atoms with Crippen molar-refractivity contribution >= 4 is 34.5 Å². The van der Waals surface area contributed by atoms with E-state index >= 15 is 0 Å². The Balaban J connectivity index is 2.00. The van der Waals surface area contributed by atoms with Gasteiger partial charge in [-0.1, -0.05) is 45.0 Å². The molecule has 3 aromatic rings. The zero-order valence-corrected chi connectivity index (χ0v) is 20.2. The molecule has 170 valence electrons. The molecule has 1 aliphatic rings. The first-order valence-electron chi connectivity index (χ1n) is 10.7. The molecule has 1 unspecified atom stereocenters. The zero-order chi connectivity index (χ0) is 23.9. The number of aliphatic hydroxyl groups excluding tert-OH is 1. The number of benzene rings is 2. The summed E-state index contributed by atoms with van der Waals surface area (Å²) < 4.78 is 5.52. The molecule has 33 heavy (non-hydrogen) atoms. The molecule has 0 aliphatic carbocycles. The van der Waals surface area contributed by atoms with Crippen molar-refractivity contribution in [3.8, 4) is 5.75 Å². The summed E-state index contributed by atoms with van der Waals surface area (Å²) in [5, 5.41) is 13.5. The van der Waals surface area contributed by atoms with Gasteiger partial charge in [-0.3, -0.25) is 14.5 Å². The average Bonchev–Trinajstić information content (AvgIpc) is 3.33. The molecule has 0 radical (unpaired) electrons. The summed E-state index contributed by atoms with van der Waals surface area (Å²) in [7, 11) is 1.52. The minimum atomic E-state index is -0.726. The Morgan fingerprint density at radius 1 is 1.06 bits per heavy atom.